The topological polar surface area (TPSA) is 117 Å². The monoisotopic (exact) mass is 498 g/mol. The molecule has 4 N–H and O–H groups in total. The van der Waals surface area contributed by atoms with E-state index in [-0.39, 0.29) is 11.1 Å². The number of benzene rings is 4. The minimum absolute atomic E-state index is 0.107. The Morgan fingerprint density at radius 2 is 1.08 bits per heavy atom. The summed E-state index contributed by atoms with van der Waals surface area (Å²) in [6, 6.07) is 24.6. The van der Waals surface area contributed by atoms with Crippen LogP contribution < -0.4 is 20.1 Å². The standard InChI is InChI=1S/C29H26N2O6/c1-36-22-7-3-5-20(16-22)30-26-11-9-18(14-24(26)28(32)33)13-19-10-12-27(25(15-19)29(34)35)31-21-6-4-8-23(17-21)37-2/h3-12,14-17,30-31H,13H2,1-2H3,(H,32,33)(H,34,35). The zero-order valence-corrected chi connectivity index (χ0v) is 20.3. The summed E-state index contributed by atoms with van der Waals surface area (Å²) < 4.78 is 10.5. The van der Waals surface area contributed by atoms with Crippen molar-refractivity contribution < 1.29 is 29.3 Å². The second-order valence-electron chi connectivity index (χ2n) is 8.26. The fourth-order valence-electron chi connectivity index (χ4n) is 3.92. The van der Waals surface area contributed by atoms with Gasteiger partial charge >= 0.3 is 11.9 Å². The molecule has 0 heterocycles. The van der Waals surface area contributed by atoms with Crippen LogP contribution in [0.25, 0.3) is 0 Å². The van der Waals surface area contributed by atoms with Crippen LogP contribution in [0.4, 0.5) is 22.7 Å². The Morgan fingerprint density at radius 1 is 0.649 bits per heavy atom. The first-order valence-corrected chi connectivity index (χ1v) is 11.4. The van der Waals surface area contributed by atoms with Crippen LogP contribution in [-0.4, -0.2) is 36.4 Å². The lowest BCUT2D eigenvalue weighted by atomic mass is 9.99. The van der Waals surface area contributed by atoms with Crippen molar-refractivity contribution in [1.29, 1.82) is 0 Å². The van der Waals surface area contributed by atoms with Crippen molar-refractivity contribution in [3.63, 3.8) is 0 Å². The van der Waals surface area contributed by atoms with Crippen molar-refractivity contribution in [2.75, 3.05) is 24.9 Å². The number of carboxylic acids is 2. The molecule has 4 rings (SSSR count). The number of hydrogen-bond acceptors (Lipinski definition) is 6. The van der Waals surface area contributed by atoms with Crippen molar-refractivity contribution in [1.82, 2.24) is 0 Å². The molecule has 4 aromatic carbocycles. The minimum Gasteiger partial charge on any atom is -0.497 e. The third-order valence-electron chi connectivity index (χ3n) is 5.73. The first kappa shape index (κ1) is 25.1. The first-order chi connectivity index (χ1) is 17.9. The van der Waals surface area contributed by atoms with E-state index in [0.29, 0.717) is 40.7 Å². The van der Waals surface area contributed by atoms with Gasteiger partial charge in [-0.2, -0.15) is 0 Å². The number of carboxylic acid groups (broad SMARTS) is 2. The Labute approximate surface area is 214 Å². The number of methoxy groups -OCH3 is 2. The summed E-state index contributed by atoms with van der Waals surface area (Å²) in [5.74, 6) is -0.846. The van der Waals surface area contributed by atoms with E-state index in [1.54, 1.807) is 62.8 Å². The molecule has 0 unspecified atom stereocenters. The lowest BCUT2D eigenvalue weighted by Gasteiger charge is -2.14. The molecular weight excluding hydrogens is 472 g/mol. The molecule has 0 amide bonds. The number of nitrogens with one attached hydrogen (secondary N) is 2. The predicted molar refractivity (Wildman–Crippen MR) is 142 cm³/mol. The van der Waals surface area contributed by atoms with Crippen LogP contribution in [0, 0.1) is 0 Å². The average Bonchev–Trinajstić information content (AvgIpc) is 2.90. The van der Waals surface area contributed by atoms with E-state index in [9.17, 15) is 19.8 Å². The fraction of sp³-hybridized carbons (Fsp3) is 0.103. The van der Waals surface area contributed by atoms with Gasteiger partial charge in [-0.1, -0.05) is 24.3 Å². The van der Waals surface area contributed by atoms with Gasteiger partial charge in [-0.15, -0.1) is 0 Å². The third-order valence-corrected chi connectivity index (χ3v) is 5.73. The summed E-state index contributed by atoms with van der Waals surface area (Å²) in [4.78, 5) is 24.0. The van der Waals surface area contributed by atoms with Gasteiger partial charge < -0.3 is 30.3 Å². The number of aromatic carboxylic acids is 2. The highest BCUT2D eigenvalue weighted by atomic mass is 16.5. The minimum atomic E-state index is -1.07. The largest absolute Gasteiger partial charge is 0.497 e. The van der Waals surface area contributed by atoms with Crippen molar-refractivity contribution >= 4 is 34.7 Å². The van der Waals surface area contributed by atoms with Crippen LogP contribution in [-0.2, 0) is 6.42 Å². The molecule has 0 aliphatic heterocycles. The molecule has 188 valence electrons. The van der Waals surface area contributed by atoms with Crippen molar-refractivity contribution in [2.45, 2.75) is 6.42 Å². The van der Waals surface area contributed by atoms with Gasteiger partial charge in [-0.3, -0.25) is 0 Å². The number of anilines is 4. The maximum atomic E-state index is 12.0. The molecule has 0 atom stereocenters. The van der Waals surface area contributed by atoms with E-state index in [2.05, 4.69) is 10.6 Å². The molecule has 0 bridgehead atoms. The number of ether oxygens (including phenoxy) is 2. The van der Waals surface area contributed by atoms with Crippen molar-refractivity contribution in [3.8, 4) is 11.5 Å². The highest BCUT2D eigenvalue weighted by molar-refractivity contribution is 5.96. The number of rotatable bonds is 10. The van der Waals surface area contributed by atoms with Crippen LogP contribution >= 0.6 is 0 Å². The van der Waals surface area contributed by atoms with E-state index in [4.69, 9.17) is 9.47 Å². The van der Waals surface area contributed by atoms with E-state index in [0.717, 1.165) is 11.1 Å². The summed E-state index contributed by atoms with van der Waals surface area (Å²) in [5, 5.41) is 25.9. The maximum absolute atomic E-state index is 12.0. The van der Waals surface area contributed by atoms with Gasteiger partial charge in [0.2, 0.25) is 0 Å². The molecule has 0 fully saturated rings. The number of hydrogen-bond donors (Lipinski definition) is 4. The summed E-state index contributed by atoms with van der Waals surface area (Å²) in [6.07, 6.45) is 0.361. The van der Waals surface area contributed by atoms with E-state index < -0.39 is 11.9 Å². The van der Waals surface area contributed by atoms with Crippen LogP contribution in [0.3, 0.4) is 0 Å². The molecule has 0 aliphatic rings. The molecule has 4 aromatic rings. The SMILES string of the molecule is COc1cccc(Nc2ccc(Cc3ccc(Nc4cccc(OC)c4)c(C(=O)O)c3)cc2C(=O)O)c1. The van der Waals surface area contributed by atoms with Gasteiger partial charge in [0.1, 0.15) is 11.5 Å². The highest BCUT2D eigenvalue weighted by Crippen LogP contribution is 2.28. The summed E-state index contributed by atoms with van der Waals surface area (Å²) in [7, 11) is 3.13. The van der Waals surface area contributed by atoms with Crippen LogP contribution in [0.2, 0.25) is 0 Å². The molecule has 37 heavy (non-hydrogen) atoms. The maximum Gasteiger partial charge on any atom is 0.337 e. The zero-order chi connectivity index (χ0) is 26.4. The quantitative estimate of drug-likeness (QED) is 0.205. The van der Waals surface area contributed by atoms with E-state index in [1.807, 2.05) is 36.4 Å². The summed E-state index contributed by atoms with van der Waals surface area (Å²) in [6.45, 7) is 0. The molecule has 0 aliphatic carbocycles. The first-order valence-electron chi connectivity index (χ1n) is 11.4. The lowest BCUT2D eigenvalue weighted by molar-refractivity contribution is 0.0687. The molecule has 8 nitrogen and oxygen atoms in total. The molecule has 0 spiro atoms. The summed E-state index contributed by atoms with van der Waals surface area (Å²) in [5.41, 5.74) is 3.95. The summed E-state index contributed by atoms with van der Waals surface area (Å²) >= 11 is 0. The lowest BCUT2D eigenvalue weighted by Crippen LogP contribution is -2.06. The van der Waals surface area contributed by atoms with Crippen LogP contribution in [0.15, 0.2) is 84.9 Å². The van der Waals surface area contributed by atoms with E-state index >= 15 is 0 Å². The molecular formula is C29H26N2O6. The Kier molecular flexibility index (Phi) is 7.59. The van der Waals surface area contributed by atoms with Gasteiger partial charge in [0.05, 0.1) is 36.7 Å². The molecule has 0 aromatic heterocycles. The Balaban J connectivity index is 1.58. The predicted octanol–water partition coefficient (Wildman–Crippen LogP) is 6.18. The molecule has 8 heteroatoms. The Morgan fingerprint density at radius 3 is 1.46 bits per heavy atom. The van der Waals surface area contributed by atoms with Gasteiger partial charge in [0.25, 0.3) is 0 Å². The van der Waals surface area contributed by atoms with Crippen LogP contribution in [0.5, 0.6) is 11.5 Å². The molecule has 0 radical (unpaired) electrons. The Bertz CT molecular complexity index is 1340. The zero-order valence-electron chi connectivity index (χ0n) is 20.3. The third kappa shape index (κ3) is 6.18. The smallest absolute Gasteiger partial charge is 0.337 e. The van der Waals surface area contributed by atoms with Crippen molar-refractivity contribution in [2.24, 2.45) is 0 Å². The van der Waals surface area contributed by atoms with Gasteiger partial charge in [0, 0.05) is 23.5 Å². The Hall–Kier alpha value is -4.98. The van der Waals surface area contributed by atoms with Crippen molar-refractivity contribution in [3.05, 3.63) is 107 Å². The van der Waals surface area contributed by atoms with Gasteiger partial charge in [-0.05, 0) is 66.1 Å². The number of carbonyl (C=O) groups is 2. The molecule has 0 saturated heterocycles. The van der Waals surface area contributed by atoms with Crippen LogP contribution in [0.1, 0.15) is 31.8 Å². The highest BCUT2D eigenvalue weighted by Gasteiger charge is 2.15. The average molecular weight is 499 g/mol. The second-order valence-corrected chi connectivity index (χ2v) is 8.26. The second kappa shape index (κ2) is 11.2. The normalized spacial score (nSPS) is 10.4. The van der Waals surface area contributed by atoms with E-state index in [1.165, 1.54) is 0 Å². The van der Waals surface area contributed by atoms with Gasteiger partial charge in [-0.25, -0.2) is 9.59 Å². The fourth-order valence-corrected chi connectivity index (χ4v) is 3.92. The van der Waals surface area contributed by atoms with Gasteiger partial charge in [0.15, 0.2) is 0 Å². The molecule has 0 saturated carbocycles.